The number of rotatable bonds is 6. The van der Waals surface area contributed by atoms with E-state index < -0.39 is 5.41 Å². The number of pyridine rings is 1. The largest absolute Gasteiger partial charge is 0.350 e. The van der Waals surface area contributed by atoms with Gasteiger partial charge in [0.05, 0.1) is 17.7 Å². The number of carbonyl (C=O) groups is 1. The Morgan fingerprint density at radius 1 is 1.21 bits per heavy atom. The molecule has 1 aromatic carbocycles. The highest BCUT2D eigenvalue weighted by Crippen LogP contribution is 2.39. The summed E-state index contributed by atoms with van der Waals surface area (Å²) in [5, 5.41) is 12.8. The zero-order valence-corrected chi connectivity index (χ0v) is 16.2. The van der Waals surface area contributed by atoms with Crippen molar-refractivity contribution in [1.29, 1.82) is 0 Å². The van der Waals surface area contributed by atoms with Crippen LogP contribution in [0.5, 0.6) is 0 Å². The normalized spacial score (nSPS) is 15.1. The van der Waals surface area contributed by atoms with Crippen molar-refractivity contribution in [1.82, 2.24) is 20.5 Å². The number of amides is 1. The maximum Gasteiger partial charge on any atom is 0.230 e. The molecule has 2 aromatic heterocycles. The molecule has 1 amide bonds. The topological polar surface area (TPSA) is 71.0 Å². The SMILES string of the molecule is Cc1nnc(N2CC(Cc3ccccc3F)(C(=O)NCc3ccccn3)C2)s1. The van der Waals surface area contributed by atoms with E-state index in [9.17, 15) is 9.18 Å². The molecule has 0 unspecified atom stereocenters. The Balaban J connectivity index is 1.52. The molecule has 6 nitrogen and oxygen atoms in total. The Labute approximate surface area is 166 Å². The number of anilines is 1. The van der Waals surface area contributed by atoms with Crippen LogP contribution in [-0.4, -0.2) is 34.2 Å². The zero-order chi connectivity index (χ0) is 19.6. The molecule has 144 valence electrons. The minimum Gasteiger partial charge on any atom is -0.350 e. The van der Waals surface area contributed by atoms with Gasteiger partial charge in [-0.3, -0.25) is 9.78 Å². The molecule has 8 heteroatoms. The molecule has 0 saturated carbocycles. The van der Waals surface area contributed by atoms with Crippen LogP contribution in [0.3, 0.4) is 0 Å². The summed E-state index contributed by atoms with van der Waals surface area (Å²) in [7, 11) is 0. The fraction of sp³-hybridized carbons (Fsp3) is 0.300. The van der Waals surface area contributed by atoms with E-state index in [2.05, 4.69) is 20.5 Å². The molecule has 28 heavy (non-hydrogen) atoms. The second-order valence-electron chi connectivity index (χ2n) is 7.01. The molecule has 0 bridgehead atoms. The second kappa shape index (κ2) is 7.63. The van der Waals surface area contributed by atoms with Crippen LogP contribution in [0.4, 0.5) is 9.52 Å². The van der Waals surface area contributed by atoms with Crippen LogP contribution in [0.15, 0.2) is 48.7 Å². The molecule has 1 aliphatic rings. The summed E-state index contributed by atoms with van der Waals surface area (Å²) < 4.78 is 14.2. The highest BCUT2D eigenvalue weighted by molar-refractivity contribution is 7.15. The van der Waals surface area contributed by atoms with Crippen LogP contribution in [-0.2, 0) is 17.8 Å². The molecular formula is C20H20FN5OS. The summed E-state index contributed by atoms with van der Waals surface area (Å²) in [5.74, 6) is -0.386. The molecule has 0 aliphatic carbocycles. The number of aryl methyl sites for hydroxylation is 1. The number of carbonyl (C=O) groups excluding carboxylic acids is 1. The van der Waals surface area contributed by atoms with Crippen LogP contribution in [0.25, 0.3) is 0 Å². The number of hydrogen-bond acceptors (Lipinski definition) is 6. The van der Waals surface area contributed by atoms with Gasteiger partial charge in [-0.25, -0.2) is 4.39 Å². The third kappa shape index (κ3) is 3.73. The van der Waals surface area contributed by atoms with E-state index >= 15 is 0 Å². The van der Waals surface area contributed by atoms with Crippen molar-refractivity contribution in [3.05, 3.63) is 70.7 Å². The highest BCUT2D eigenvalue weighted by Gasteiger charge is 2.50. The molecule has 1 fully saturated rings. The van der Waals surface area contributed by atoms with Gasteiger partial charge in [-0.15, -0.1) is 10.2 Å². The lowest BCUT2D eigenvalue weighted by Crippen LogP contribution is -2.64. The van der Waals surface area contributed by atoms with Crippen molar-refractivity contribution < 1.29 is 9.18 Å². The summed E-state index contributed by atoms with van der Waals surface area (Å²) in [6.45, 7) is 3.19. The third-order valence-corrected chi connectivity index (χ3v) is 5.80. The van der Waals surface area contributed by atoms with Gasteiger partial charge >= 0.3 is 0 Å². The molecule has 4 rings (SSSR count). The van der Waals surface area contributed by atoms with E-state index in [-0.39, 0.29) is 11.7 Å². The van der Waals surface area contributed by atoms with Crippen molar-refractivity contribution in [2.24, 2.45) is 5.41 Å². The molecule has 0 atom stereocenters. The number of benzene rings is 1. The van der Waals surface area contributed by atoms with Gasteiger partial charge in [0.2, 0.25) is 11.0 Å². The number of halogens is 1. The van der Waals surface area contributed by atoms with Crippen molar-refractivity contribution >= 4 is 22.4 Å². The monoisotopic (exact) mass is 397 g/mol. The summed E-state index contributed by atoms with van der Waals surface area (Å²) in [5.41, 5.74) is 0.618. The van der Waals surface area contributed by atoms with Gasteiger partial charge in [0.25, 0.3) is 0 Å². The highest BCUT2D eigenvalue weighted by atomic mass is 32.1. The van der Waals surface area contributed by atoms with E-state index in [1.54, 1.807) is 24.4 Å². The van der Waals surface area contributed by atoms with Gasteiger partial charge < -0.3 is 10.2 Å². The first-order chi connectivity index (χ1) is 13.6. The minimum atomic E-state index is -0.712. The van der Waals surface area contributed by atoms with E-state index in [4.69, 9.17) is 0 Å². The lowest BCUT2D eigenvalue weighted by atomic mass is 9.74. The van der Waals surface area contributed by atoms with Gasteiger partial charge in [-0.1, -0.05) is 35.6 Å². The van der Waals surface area contributed by atoms with Gasteiger partial charge in [0.15, 0.2) is 0 Å². The van der Waals surface area contributed by atoms with E-state index in [1.165, 1.54) is 17.4 Å². The first-order valence-corrected chi connectivity index (χ1v) is 9.84. The van der Waals surface area contributed by atoms with Crippen molar-refractivity contribution in [3.63, 3.8) is 0 Å². The van der Waals surface area contributed by atoms with Gasteiger partial charge in [-0.2, -0.15) is 0 Å². The van der Waals surface area contributed by atoms with Crippen LogP contribution < -0.4 is 10.2 Å². The van der Waals surface area contributed by atoms with E-state index in [0.29, 0.717) is 31.6 Å². The van der Waals surface area contributed by atoms with E-state index in [0.717, 1.165) is 15.8 Å². The van der Waals surface area contributed by atoms with Crippen molar-refractivity contribution in [2.45, 2.75) is 19.9 Å². The quantitative estimate of drug-likeness (QED) is 0.693. The summed E-state index contributed by atoms with van der Waals surface area (Å²) in [4.78, 5) is 19.4. The fourth-order valence-corrected chi connectivity index (χ4v) is 4.12. The van der Waals surface area contributed by atoms with Crippen LogP contribution in [0.2, 0.25) is 0 Å². The predicted octanol–water partition coefficient (Wildman–Crippen LogP) is 2.75. The average molecular weight is 397 g/mol. The standard InChI is InChI=1S/C20H20FN5OS/c1-14-24-25-19(28-14)26-12-20(13-26,10-15-6-2-3-8-17(15)21)18(27)23-11-16-7-4-5-9-22-16/h2-9H,10-13H2,1H3,(H,23,27). The summed E-state index contributed by atoms with van der Waals surface area (Å²) in [6.07, 6.45) is 2.03. The second-order valence-corrected chi connectivity index (χ2v) is 8.17. The Morgan fingerprint density at radius 2 is 2.00 bits per heavy atom. The molecule has 0 spiro atoms. The average Bonchev–Trinajstić information content (AvgIpc) is 3.10. The molecule has 0 radical (unpaired) electrons. The van der Waals surface area contributed by atoms with Crippen LogP contribution in [0, 0.1) is 18.2 Å². The molecular weight excluding hydrogens is 377 g/mol. The predicted molar refractivity (Wildman–Crippen MR) is 105 cm³/mol. The molecule has 1 aliphatic heterocycles. The third-order valence-electron chi connectivity index (χ3n) is 4.90. The Hall–Kier alpha value is -2.87. The van der Waals surface area contributed by atoms with Gasteiger partial charge in [-0.05, 0) is 37.1 Å². The lowest BCUT2D eigenvalue weighted by molar-refractivity contribution is -0.132. The summed E-state index contributed by atoms with van der Waals surface area (Å²) in [6, 6.07) is 12.2. The maximum absolute atomic E-state index is 14.2. The Bertz CT molecular complexity index is 971. The molecule has 3 heterocycles. The first-order valence-electron chi connectivity index (χ1n) is 9.02. The number of aromatic nitrogens is 3. The first kappa shape index (κ1) is 18.5. The Kier molecular flexibility index (Phi) is 5.04. The van der Waals surface area contributed by atoms with Gasteiger partial charge in [0.1, 0.15) is 10.8 Å². The number of nitrogens with one attached hydrogen (secondary N) is 1. The summed E-state index contributed by atoms with van der Waals surface area (Å²) >= 11 is 1.49. The van der Waals surface area contributed by atoms with Crippen molar-refractivity contribution in [2.75, 3.05) is 18.0 Å². The maximum atomic E-state index is 14.2. The van der Waals surface area contributed by atoms with Crippen LogP contribution >= 0.6 is 11.3 Å². The number of hydrogen-bond donors (Lipinski definition) is 1. The van der Waals surface area contributed by atoms with E-state index in [1.807, 2.05) is 30.0 Å². The smallest absolute Gasteiger partial charge is 0.230 e. The lowest BCUT2D eigenvalue weighted by Gasteiger charge is -2.48. The zero-order valence-electron chi connectivity index (χ0n) is 15.4. The molecule has 3 aromatic rings. The molecule has 1 saturated heterocycles. The fourth-order valence-electron chi connectivity index (χ4n) is 3.44. The van der Waals surface area contributed by atoms with Crippen LogP contribution in [0.1, 0.15) is 16.3 Å². The van der Waals surface area contributed by atoms with Crippen molar-refractivity contribution in [3.8, 4) is 0 Å². The molecule has 1 N–H and O–H groups in total. The number of nitrogens with zero attached hydrogens (tertiary/aromatic N) is 4. The Morgan fingerprint density at radius 3 is 2.68 bits per heavy atom. The van der Waals surface area contributed by atoms with Gasteiger partial charge in [0, 0.05) is 19.3 Å². The minimum absolute atomic E-state index is 0.0982.